The first-order valence-electron chi connectivity index (χ1n) is 9.59. The van der Waals surface area contributed by atoms with Crippen LogP contribution in [-0.4, -0.2) is 26.0 Å². The number of benzene rings is 2. The smallest absolute Gasteiger partial charge is 0.325 e. The molecule has 0 saturated carbocycles. The number of rotatable bonds is 6. The second kappa shape index (κ2) is 8.70. The van der Waals surface area contributed by atoms with Gasteiger partial charge in [-0.05, 0) is 60.7 Å². The number of anilines is 2. The van der Waals surface area contributed by atoms with E-state index in [1.165, 1.54) is 13.0 Å². The van der Waals surface area contributed by atoms with Crippen molar-refractivity contribution in [1.82, 2.24) is 0 Å². The highest BCUT2D eigenvalue weighted by molar-refractivity contribution is 7.91. The molecule has 1 aliphatic rings. The molecule has 1 aliphatic carbocycles. The maximum Gasteiger partial charge on any atom is 0.416 e. The molecule has 2 N–H and O–H groups in total. The van der Waals surface area contributed by atoms with Gasteiger partial charge in [0.15, 0.2) is 9.84 Å². The molecular formula is C21H21F3N2O4S. The fourth-order valence-electron chi connectivity index (χ4n) is 3.42. The Morgan fingerprint density at radius 3 is 2.35 bits per heavy atom. The monoisotopic (exact) mass is 454 g/mol. The molecule has 0 aliphatic heterocycles. The molecule has 0 heterocycles. The number of carbonyl (C=O) groups excluding carboxylic acids is 2. The van der Waals surface area contributed by atoms with Crippen molar-refractivity contribution in [2.45, 2.75) is 43.7 Å². The van der Waals surface area contributed by atoms with Gasteiger partial charge in [-0.25, -0.2) is 8.42 Å². The molecule has 6 nitrogen and oxygen atoms in total. The molecule has 31 heavy (non-hydrogen) atoms. The van der Waals surface area contributed by atoms with Crippen molar-refractivity contribution >= 4 is 33.0 Å². The number of amides is 2. The highest BCUT2D eigenvalue weighted by atomic mass is 32.2. The van der Waals surface area contributed by atoms with Gasteiger partial charge in [0, 0.05) is 13.3 Å². The number of carbonyl (C=O) groups is 2. The summed E-state index contributed by atoms with van der Waals surface area (Å²) in [5.41, 5.74) is 0.809. The van der Waals surface area contributed by atoms with Gasteiger partial charge < -0.3 is 10.6 Å². The lowest BCUT2D eigenvalue weighted by molar-refractivity contribution is -0.137. The third-order valence-corrected chi connectivity index (χ3v) is 6.67. The van der Waals surface area contributed by atoms with Crippen LogP contribution < -0.4 is 10.6 Å². The molecule has 166 valence electrons. The number of sulfone groups is 1. The number of aryl methyl sites for hydroxylation is 2. The van der Waals surface area contributed by atoms with E-state index < -0.39 is 45.6 Å². The van der Waals surface area contributed by atoms with Crippen LogP contribution in [0.2, 0.25) is 0 Å². The summed E-state index contributed by atoms with van der Waals surface area (Å²) < 4.78 is 64.2. The molecule has 2 aromatic carbocycles. The second-order valence-corrected chi connectivity index (χ2v) is 9.45. The molecule has 3 rings (SSSR count). The highest BCUT2D eigenvalue weighted by Gasteiger charge is 2.31. The van der Waals surface area contributed by atoms with E-state index in [2.05, 4.69) is 10.6 Å². The Kier molecular flexibility index (Phi) is 6.40. The lowest BCUT2D eigenvalue weighted by Crippen LogP contribution is -2.19. The Bertz CT molecular complexity index is 1130. The first-order valence-corrected chi connectivity index (χ1v) is 11.2. The summed E-state index contributed by atoms with van der Waals surface area (Å²) in [6.45, 7) is 1.17. The maximum absolute atomic E-state index is 13.0. The van der Waals surface area contributed by atoms with E-state index in [4.69, 9.17) is 0 Å². The van der Waals surface area contributed by atoms with Crippen molar-refractivity contribution in [3.63, 3.8) is 0 Å². The van der Waals surface area contributed by atoms with E-state index in [0.29, 0.717) is 6.07 Å². The Labute approximate surface area is 177 Å². The zero-order chi connectivity index (χ0) is 22.8. The zero-order valence-electron chi connectivity index (χ0n) is 16.7. The van der Waals surface area contributed by atoms with E-state index in [-0.39, 0.29) is 16.3 Å². The van der Waals surface area contributed by atoms with Crippen molar-refractivity contribution in [2.75, 3.05) is 16.4 Å². The summed E-state index contributed by atoms with van der Waals surface area (Å²) >= 11 is 0. The average Bonchev–Trinajstić information content (AvgIpc) is 3.14. The molecule has 0 spiro atoms. The third-order valence-electron chi connectivity index (χ3n) is 4.96. The molecule has 10 heteroatoms. The molecule has 0 atom stereocenters. The first kappa shape index (κ1) is 22.8. The van der Waals surface area contributed by atoms with Crippen LogP contribution in [0.5, 0.6) is 0 Å². The van der Waals surface area contributed by atoms with E-state index in [1.54, 1.807) is 12.1 Å². The van der Waals surface area contributed by atoms with Gasteiger partial charge in [0.05, 0.1) is 27.6 Å². The summed E-state index contributed by atoms with van der Waals surface area (Å²) in [6.07, 6.45) is -2.42. The molecule has 0 aromatic heterocycles. The van der Waals surface area contributed by atoms with Crippen LogP contribution in [0.3, 0.4) is 0 Å². The fourth-order valence-corrected chi connectivity index (χ4v) is 4.71. The van der Waals surface area contributed by atoms with Crippen LogP contribution in [0.15, 0.2) is 41.3 Å². The number of halogens is 3. The normalized spacial score (nSPS) is 13.5. The van der Waals surface area contributed by atoms with Gasteiger partial charge in [-0.2, -0.15) is 13.2 Å². The fraction of sp³-hybridized carbons (Fsp3) is 0.333. The standard InChI is InChI=1S/C21H21F3N2O4S/c1-13(27)25-18-8-6-16(21(22,23)24)12-19(18)26-20(28)9-10-31(29,30)17-7-5-14-3-2-4-15(14)11-17/h5-8,11-12H,2-4,9-10H2,1H3,(H,25,27)(H,26,28). The zero-order valence-corrected chi connectivity index (χ0v) is 17.5. The predicted octanol–water partition coefficient (Wildman–Crippen LogP) is 3.96. The van der Waals surface area contributed by atoms with Crippen LogP contribution in [0, 0.1) is 0 Å². The maximum atomic E-state index is 13.0. The van der Waals surface area contributed by atoms with Crippen molar-refractivity contribution in [3.8, 4) is 0 Å². The van der Waals surface area contributed by atoms with Crippen LogP contribution in [0.1, 0.15) is 36.5 Å². The minimum Gasteiger partial charge on any atom is -0.325 e. The van der Waals surface area contributed by atoms with Gasteiger partial charge >= 0.3 is 6.18 Å². The summed E-state index contributed by atoms with van der Waals surface area (Å²) in [5.74, 6) is -1.81. The molecule has 2 aromatic rings. The van der Waals surface area contributed by atoms with E-state index >= 15 is 0 Å². The second-order valence-electron chi connectivity index (χ2n) is 7.34. The molecular weight excluding hydrogens is 433 g/mol. The SMILES string of the molecule is CC(=O)Nc1ccc(C(F)(F)F)cc1NC(=O)CCS(=O)(=O)c1ccc2c(c1)CCC2. The Balaban J connectivity index is 1.73. The van der Waals surface area contributed by atoms with Gasteiger partial charge in [-0.15, -0.1) is 0 Å². The molecule has 0 radical (unpaired) electrons. The summed E-state index contributed by atoms with van der Waals surface area (Å²) in [5, 5.41) is 4.62. The predicted molar refractivity (Wildman–Crippen MR) is 110 cm³/mol. The van der Waals surface area contributed by atoms with E-state index in [1.807, 2.05) is 0 Å². The van der Waals surface area contributed by atoms with Crippen molar-refractivity contribution in [1.29, 1.82) is 0 Å². The van der Waals surface area contributed by atoms with E-state index in [0.717, 1.165) is 42.5 Å². The van der Waals surface area contributed by atoms with Gasteiger partial charge in [-0.1, -0.05) is 6.07 Å². The molecule has 0 unspecified atom stereocenters. The number of hydrogen-bond donors (Lipinski definition) is 2. The number of fused-ring (bicyclic) bond motifs is 1. The van der Waals surface area contributed by atoms with Crippen LogP contribution >= 0.6 is 0 Å². The molecule has 0 bridgehead atoms. The first-order chi connectivity index (χ1) is 14.5. The van der Waals surface area contributed by atoms with Gasteiger partial charge in [0.2, 0.25) is 11.8 Å². The van der Waals surface area contributed by atoms with E-state index in [9.17, 15) is 31.2 Å². The lowest BCUT2D eigenvalue weighted by Gasteiger charge is -2.15. The Hall–Kier alpha value is -2.88. The van der Waals surface area contributed by atoms with Crippen LogP contribution in [0.25, 0.3) is 0 Å². The number of hydrogen-bond acceptors (Lipinski definition) is 4. The van der Waals surface area contributed by atoms with Crippen LogP contribution in [-0.2, 0) is 38.4 Å². The number of alkyl halides is 3. The lowest BCUT2D eigenvalue weighted by atomic mass is 10.1. The van der Waals surface area contributed by atoms with Crippen molar-refractivity contribution in [3.05, 3.63) is 53.1 Å². The molecule has 0 fully saturated rings. The molecule has 0 saturated heterocycles. The van der Waals surface area contributed by atoms with Gasteiger partial charge in [-0.3, -0.25) is 9.59 Å². The van der Waals surface area contributed by atoms with Crippen molar-refractivity contribution < 1.29 is 31.2 Å². The van der Waals surface area contributed by atoms with Crippen LogP contribution in [0.4, 0.5) is 24.5 Å². The summed E-state index contributed by atoms with van der Waals surface area (Å²) in [4.78, 5) is 23.7. The topological polar surface area (TPSA) is 92.3 Å². The minimum absolute atomic E-state index is 0.0182. The minimum atomic E-state index is -4.65. The summed E-state index contributed by atoms with van der Waals surface area (Å²) in [6, 6.07) is 7.41. The Morgan fingerprint density at radius 1 is 0.968 bits per heavy atom. The van der Waals surface area contributed by atoms with Gasteiger partial charge in [0.25, 0.3) is 0 Å². The number of nitrogens with one attached hydrogen (secondary N) is 2. The third kappa shape index (κ3) is 5.63. The van der Waals surface area contributed by atoms with Crippen molar-refractivity contribution in [2.24, 2.45) is 0 Å². The summed E-state index contributed by atoms with van der Waals surface area (Å²) in [7, 11) is -3.74. The van der Waals surface area contributed by atoms with Gasteiger partial charge in [0.1, 0.15) is 0 Å². The quantitative estimate of drug-likeness (QED) is 0.691. The molecule has 2 amide bonds. The Morgan fingerprint density at radius 2 is 1.68 bits per heavy atom. The largest absolute Gasteiger partial charge is 0.416 e. The average molecular weight is 454 g/mol. The highest BCUT2D eigenvalue weighted by Crippen LogP contribution is 2.34.